The second kappa shape index (κ2) is 9.26. The van der Waals surface area contributed by atoms with E-state index in [1.54, 1.807) is 43.3 Å². The lowest BCUT2D eigenvalue weighted by atomic mass is 10.2. The number of carbonyl (C=O) groups excluding carboxylic acids is 2. The van der Waals surface area contributed by atoms with Crippen molar-refractivity contribution >= 4 is 40.7 Å². The first-order valence-corrected chi connectivity index (χ1v) is 8.73. The van der Waals surface area contributed by atoms with Crippen molar-refractivity contribution in [1.29, 1.82) is 5.26 Å². The fourth-order valence-corrected chi connectivity index (χ4v) is 2.58. The summed E-state index contributed by atoms with van der Waals surface area (Å²) in [6.45, 7) is 1.39. The van der Waals surface area contributed by atoms with Crippen LogP contribution in [-0.2, 0) is 9.59 Å². The van der Waals surface area contributed by atoms with Crippen molar-refractivity contribution in [3.63, 3.8) is 0 Å². The first kappa shape index (κ1) is 20.6. The van der Waals surface area contributed by atoms with Crippen LogP contribution in [0, 0.1) is 11.3 Å². The molecule has 0 spiro atoms. The van der Waals surface area contributed by atoms with Gasteiger partial charge in [0, 0.05) is 12.7 Å². The fraction of sp³-hybridized carbons (Fsp3) is 0.211. The molecule has 1 unspecified atom stereocenters. The molecule has 1 atom stereocenters. The minimum atomic E-state index is -0.859. The van der Waals surface area contributed by atoms with E-state index in [2.05, 4.69) is 5.32 Å². The van der Waals surface area contributed by atoms with Crippen molar-refractivity contribution < 1.29 is 14.3 Å². The Balaban J connectivity index is 1.94. The molecule has 6 nitrogen and oxygen atoms in total. The van der Waals surface area contributed by atoms with Crippen LogP contribution >= 0.6 is 23.2 Å². The molecule has 0 aromatic heterocycles. The van der Waals surface area contributed by atoms with Gasteiger partial charge in [0.05, 0.1) is 22.2 Å². The number of hydrogen-bond donors (Lipinski definition) is 1. The van der Waals surface area contributed by atoms with E-state index in [-0.39, 0.29) is 6.54 Å². The van der Waals surface area contributed by atoms with E-state index >= 15 is 0 Å². The average Bonchev–Trinajstić information content (AvgIpc) is 2.64. The van der Waals surface area contributed by atoms with Crippen LogP contribution in [-0.4, -0.2) is 36.4 Å². The number of nitrogens with zero attached hydrogens (tertiary/aromatic N) is 2. The van der Waals surface area contributed by atoms with Crippen LogP contribution < -0.4 is 10.1 Å². The van der Waals surface area contributed by atoms with Gasteiger partial charge in [-0.3, -0.25) is 9.59 Å². The molecule has 27 heavy (non-hydrogen) atoms. The first-order valence-electron chi connectivity index (χ1n) is 7.97. The Morgan fingerprint density at radius 3 is 2.59 bits per heavy atom. The Morgan fingerprint density at radius 1 is 1.22 bits per heavy atom. The highest BCUT2D eigenvalue weighted by molar-refractivity contribution is 6.42. The molecule has 0 saturated carbocycles. The van der Waals surface area contributed by atoms with Crippen molar-refractivity contribution in [1.82, 2.24) is 4.90 Å². The Morgan fingerprint density at radius 2 is 1.93 bits per heavy atom. The summed E-state index contributed by atoms with van der Waals surface area (Å²) in [5.74, 6) is -0.476. The normalized spacial score (nSPS) is 11.2. The lowest BCUT2D eigenvalue weighted by molar-refractivity contribution is -0.139. The van der Waals surface area contributed by atoms with Crippen molar-refractivity contribution in [2.24, 2.45) is 0 Å². The topological polar surface area (TPSA) is 82.4 Å². The third-order valence-corrected chi connectivity index (χ3v) is 4.36. The molecule has 0 fully saturated rings. The summed E-state index contributed by atoms with van der Waals surface area (Å²) in [5.41, 5.74) is 0.805. The number of ether oxygens (including phenoxy) is 1. The predicted octanol–water partition coefficient (Wildman–Crippen LogP) is 3.73. The maximum absolute atomic E-state index is 12.4. The predicted molar refractivity (Wildman–Crippen MR) is 104 cm³/mol. The summed E-state index contributed by atoms with van der Waals surface area (Å²) in [5, 5.41) is 12.4. The number of nitrogens with one attached hydrogen (secondary N) is 1. The summed E-state index contributed by atoms with van der Waals surface area (Å²) in [6, 6.07) is 13.3. The van der Waals surface area contributed by atoms with Crippen LogP contribution in [0.1, 0.15) is 12.5 Å². The van der Waals surface area contributed by atoms with Gasteiger partial charge in [-0.1, -0.05) is 35.3 Å². The fourth-order valence-electron chi connectivity index (χ4n) is 2.28. The number of likely N-dealkylation sites (N-methyl/N-ethyl adjacent to an activating group) is 1. The summed E-state index contributed by atoms with van der Waals surface area (Å²) < 4.78 is 5.57. The number of hydrogen-bond acceptors (Lipinski definition) is 4. The summed E-state index contributed by atoms with van der Waals surface area (Å²) in [6.07, 6.45) is -0.859. The van der Waals surface area contributed by atoms with Gasteiger partial charge in [0.2, 0.25) is 5.91 Å². The number of amides is 2. The second-order valence-corrected chi connectivity index (χ2v) is 6.55. The average molecular weight is 406 g/mol. The molecule has 2 aromatic rings. The largest absolute Gasteiger partial charge is 0.480 e. The third kappa shape index (κ3) is 5.61. The molecule has 2 rings (SSSR count). The Kier molecular flexibility index (Phi) is 7.05. The van der Waals surface area contributed by atoms with Gasteiger partial charge in [-0.25, -0.2) is 0 Å². The third-order valence-electron chi connectivity index (χ3n) is 3.62. The molecule has 2 aromatic carbocycles. The summed E-state index contributed by atoms with van der Waals surface area (Å²) >= 11 is 11.7. The monoisotopic (exact) mass is 405 g/mol. The van der Waals surface area contributed by atoms with Crippen molar-refractivity contribution in [3.8, 4) is 11.8 Å². The molecule has 0 aliphatic heterocycles. The van der Waals surface area contributed by atoms with Gasteiger partial charge < -0.3 is 15.0 Å². The molecule has 8 heteroatoms. The van der Waals surface area contributed by atoms with Gasteiger partial charge in [-0.2, -0.15) is 5.26 Å². The van der Waals surface area contributed by atoms with Gasteiger partial charge in [0.15, 0.2) is 6.10 Å². The maximum atomic E-state index is 12.4. The lowest BCUT2D eigenvalue weighted by Crippen LogP contribution is -2.42. The molecule has 0 saturated heterocycles. The molecule has 0 aliphatic rings. The SMILES string of the molecule is CC(Oc1ccccc1C#N)C(=O)N(C)CC(=O)Nc1ccc(Cl)c(Cl)c1. The maximum Gasteiger partial charge on any atom is 0.263 e. The van der Waals surface area contributed by atoms with E-state index < -0.39 is 17.9 Å². The molecule has 2 amide bonds. The van der Waals surface area contributed by atoms with E-state index in [0.29, 0.717) is 27.0 Å². The molecule has 140 valence electrons. The standard InChI is InChI=1S/C19H17Cl2N3O3/c1-12(27-17-6-4-3-5-13(17)10-22)19(26)24(2)11-18(25)23-14-7-8-15(20)16(21)9-14/h3-9,12H,11H2,1-2H3,(H,23,25). The van der Waals surface area contributed by atoms with Crippen LogP contribution in [0.3, 0.4) is 0 Å². The Labute approximate surface area is 167 Å². The van der Waals surface area contributed by atoms with E-state index in [1.807, 2.05) is 6.07 Å². The number of halogens is 2. The summed E-state index contributed by atoms with van der Waals surface area (Å²) in [4.78, 5) is 25.8. The molecule has 0 aliphatic carbocycles. The van der Waals surface area contributed by atoms with Crippen molar-refractivity contribution in [2.45, 2.75) is 13.0 Å². The highest BCUT2D eigenvalue weighted by atomic mass is 35.5. The first-order chi connectivity index (χ1) is 12.8. The van der Waals surface area contributed by atoms with Gasteiger partial charge in [0.1, 0.15) is 11.8 Å². The zero-order valence-electron chi connectivity index (χ0n) is 14.7. The van der Waals surface area contributed by atoms with E-state index in [9.17, 15) is 9.59 Å². The zero-order valence-corrected chi connectivity index (χ0v) is 16.2. The highest BCUT2D eigenvalue weighted by Crippen LogP contribution is 2.25. The molecular formula is C19H17Cl2N3O3. The molecule has 0 radical (unpaired) electrons. The quantitative estimate of drug-likeness (QED) is 0.793. The van der Waals surface area contributed by atoms with Crippen molar-refractivity contribution in [2.75, 3.05) is 18.9 Å². The number of anilines is 1. The zero-order chi connectivity index (χ0) is 20.0. The van der Waals surface area contributed by atoms with E-state index in [4.69, 9.17) is 33.2 Å². The van der Waals surface area contributed by atoms with Crippen molar-refractivity contribution in [3.05, 3.63) is 58.1 Å². The number of nitriles is 1. The van der Waals surface area contributed by atoms with Gasteiger partial charge in [0.25, 0.3) is 5.91 Å². The van der Waals surface area contributed by atoms with Crippen LogP contribution in [0.4, 0.5) is 5.69 Å². The molecule has 1 N–H and O–H groups in total. The number of carbonyl (C=O) groups is 2. The number of para-hydroxylation sites is 1. The smallest absolute Gasteiger partial charge is 0.263 e. The summed E-state index contributed by atoms with van der Waals surface area (Å²) in [7, 11) is 1.49. The number of benzene rings is 2. The minimum absolute atomic E-state index is 0.174. The van der Waals surface area contributed by atoms with Crippen LogP contribution in [0.2, 0.25) is 10.0 Å². The Hall–Kier alpha value is -2.75. The lowest BCUT2D eigenvalue weighted by Gasteiger charge is -2.22. The minimum Gasteiger partial charge on any atom is -0.480 e. The Bertz CT molecular complexity index is 896. The van der Waals surface area contributed by atoms with Crippen LogP contribution in [0.25, 0.3) is 0 Å². The molecule has 0 heterocycles. The van der Waals surface area contributed by atoms with Crippen LogP contribution in [0.5, 0.6) is 5.75 Å². The molecule has 0 bridgehead atoms. The second-order valence-electron chi connectivity index (χ2n) is 5.74. The molecular weight excluding hydrogens is 389 g/mol. The van der Waals surface area contributed by atoms with Gasteiger partial charge in [-0.15, -0.1) is 0 Å². The van der Waals surface area contributed by atoms with Crippen LogP contribution in [0.15, 0.2) is 42.5 Å². The van der Waals surface area contributed by atoms with E-state index in [1.165, 1.54) is 18.0 Å². The highest BCUT2D eigenvalue weighted by Gasteiger charge is 2.22. The van der Waals surface area contributed by atoms with E-state index in [0.717, 1.165) is 0 Å². The van der Waals surface area contributed by atoms with Gasteiger partial charge in [-0.05, 0) is 37.3 Å². The van der Waals surface area contributed by atoms with Gasteiger partial charge >= 0.3 is 0 Å². The number of rotatable bonds is 6.